The number of hydrogen-bond acceptors (Lipinski definition) is 0. The molecular weight excluding hydrogens is 264 g/mol. The second-order valence-corrected chi connectivity index (χ2v) is 7.20. The molecule has 2 aromatic carbocycles. The summed E-state index contributed by atoms with van der Waals surface area (Å²) in [6.07, 6.45) is 4.80. The fourth-order valence-electron chi connectivity index (χ4n) is 3.56. The Kier molecular flexibility index (Phi) is 4.20. The third-order valence-electron chi connectivity index (χ3n) is 4.49. The molecule has 0 spiro atoms. The number of fused-ring (bicyclic) bond motifs is 1. The SMILES string of the molecule is CC(C)CC1=Cc2c(ccc(C(C)C)c2-c2ccccc2)C1. The molecule has 114 valence electrons. The second kappa shape index (κ2) is 6.12. The molecule has 0 nitrogen and oxygen atoms in total. The molecule has 1 aliphatic carbocycles. The van der Waals surface area contributed by atoms with Gasteiger partial charge in [-0.3, -0.25) is 0 Å². The van der Waals surface area contributed by atoms with Gasteiger partial charge < -0.3 is 0 Å². The van der Waals surface area contributed by atoms with Gasteiger partial charge in [0.15, 0.2) is 0 Å². The van der Waals surface area contributed by atoms with Gasteiger partial charge in [0, 0.05) is 0 Å². The molecule has 1 aliphatic rings. The van der Waals surface area contributed by atoms with E-state index in [0.717, 1.165) is 12.3 Å². The summed E-state index contributed by atoms with van der Waals surface area (Å²) in [6, 6.07) is 15.6. The van der Waals surface area contributed by atoms with Crippen molar-refractivity contribution in [2.75, 3.05) is 0 Å². The lowest BCUT2D eigenvalue weighted by molar-refractivity contribution is 0.638. The van der Waals surface area contributed by atoms with E-state index in [1.807, 2.05) is 0 Å². The topological polar surface area (TPSA) is 0 Å². The van der Waals surface area contributed by atoms with Gasteiger partial charge >= 0.3 is 0 Å². The van der Waals surface area contributed by atoms with E-state index in [1.54, 1.807) is 5.57 Å². The zero-order valence-corrected chi connectivity index (χ0v) is 14.2. The molecule has 0 fully saturated rings. The fourth-order valence-corrected chi connectivity index (χ4v) is 3.56. The summed E-state index contributed by atoms with van der Waals surface area (Å²) in [5, 5.41) is 0. The van der Waals surface area contributed by atoms with E-state index in [0.29, 0.717) is 5.92 Å². The predicted octanol–water partition coefficient (Wildman–Crippen LogP) is 6.46. The van der Waals surface area contributed by atoms with Crippen LogP contribution in [-0.2, 0) is 6.42 Å². The highest BCUT2D eigenvalue weighted by molar-refractivity contribution is 5.83. The van der Waals surface area contributed by atoms with E-state index >= 15 is 0 Å². The van der Waals surface area contributed by atoms with Crippen molar-refractivity contribution in [3.05, 3.63) is 64.7 Å². The maximum Gasteiger partial charge on any atom is -0.00575 e. The summed E-state index contributed by atoms with van der Waals surface area (Å²) in [7, 11) is 0. The molecule has 0 N–H and O–H groups in total. The number of hydrogen-bond donors (Lipinski definition) is 0. The average molecular weight is 290 g/mol. The Morgan fingerprint density at radius 1 is 0.909 bits per heavy atom. The Morgan fingerprint density at radius 3 is 2.27 bits per heavy atom. The van der Waals surface area contributed by atoms with Gasteiger partial charge in [-0.2, -0.15) is 0 Å². The smallest absolute Gasteiger partial charge is 0.00575 e. The van der Waals surface area contributed by atoms with E-state index in [2.05, 4.69) is 76.2 Å². The van der Waals surface area contributed by atoms with E-state index in [4.69, 9.17) is 0 Å². The van der Waals surface area contributed by atoms with Crippen molar-refractivity contribution in [3.8, 4) is 11.1 Å². The number of benzene rings is 2. The first kappa shape index (κ1) is 15.1. The summed E-state index contributed by atoms with van der Waals surface area (Å²) >= 11 is 0. The van der Waals surface area contributed by atoms with Crippen molar-refractivity contribution < 1.29 is 0 Å². The molecule has 0 radical (unpaired) electrons. The van der Waals surface area contributed by atoms with Crippen LogP contribution in [0, 0.1) is 5.92 Å². The van der Waals surface area contributed by atoms with Crippen molar-refractivity contribution in [3.63, 3.8) is 0 Å². The highest BCUT2D eigenvalue weighted by Gasteiger charge is 2.20. The maximum atomic E-state index is 2.46. The Morgan fingerprint density at radius 2 is 1.64 bits per heavy atom. The molecule has 22 heavy (non-hydrogen) atoms. The van der Waals surface area contributed by atoms with Crippen LogP contribution in [0.15, 0.2) is 48.0 Å². The van der Waals surface area contributed by atoms with Gasteiger partial charge in [0.2, 0.25) is 0 Å². The first-order valence-corrected chi connectivity index (χ1v) is 8.47. The van der Waals surface area contributed by atoms with E-state index < -0.39 is 0 Å². The molecule has 0 atom stereocenters. The standard InChI is InChI=1S/C22H26/c1-15(2)12-17-13-19-10-11-20(16(3)4)22(21(19)14-17)18-8-6-5-7-9-18/h5-11,14-16H,12-13H2,1-4H3. The number of rotatable bonds is 4. The van der Waals surface area contributed by atoms with Crippen LogP contribution in [0.2, 0.25) is 0 Å². The first-order chi connectivity index (χ1) is 10.6. The van der Waals surface area contributed by atoms with Crippen molar-refractivity contribution in [2.24, 2.45) is 5.92 Å². The third-order valence-corrected chi connectivity index (χ3v) is 4.49. The molecule has 0 amide bonds. The lowest BCUT2D eigenvalue weighted by atomic mass is 9.87. The van der Waals surface area contributed by atoms with Gasteiger partial charge in [-0.25, -0.2) is 0 Å². The van der Waals surface area contributed by atoms with E-state index in [9.17, 15) is 0 Å². The Labute approximate surface area is 134 Å². The minimum Gasteiger partial charge on any atom is -0.0649 e. The Bertz CT molecular complexity index is 687. The van der Waals surface area contributed by atoms with Crippen LogP contribution in [-0.4, -0.2) is 0 Å². The molecule has 0 saturated heterocycles. The van der Waals surface area contributed by atoms with Crippen molar-refractivity contribution in [1.82, 2.24) is 0 Å². The van der Waals surface area contributed by atoms with Gasteiger partial charge in [0.05, 0.1) is 0 Å². The van der Waals surface area contributed by atoms with Gasteiger partial charge in [-0.15, -0.1) is 0 Å². The van der Waals surface area contributed by atoms with Gasteiger partial charge in [-0.05, 0) is 52.5 Å². The van der Waals surface area contributed by atoms with Crippen LogP contribution in [0.25, 0.3) is 17.2 Å². The minimum atomic E-state index is 0.544. The molecule has 0 unspecified atom stereocenters. The van der Waals surface area contributed by atoms with Gasteiger partial charge in [0.1, 0.15) is 0 Å². The maximum absolute atomic E-state index is 2.46. The Balaban J connectivity index is 2.15. The molecule has 0 aromatic heterocycles. The van der Waals surface area contributed by atoms with Crippen LogP contribution in [0.5, 0.6) is 0 Å². The Hall–Kier alpha value is -1.82. The van der Waals surface area contributed by atoms with Crippen molar-refractivity contribution in [2.45, 2.75) is 46.5 Å². The van der Waals surface area contributed by atoms with Crippen LogP contribution in [0.4, 0.5) is 0 Å². The largest absolute Gasteiger partial charge is 0.0649 e. The number of allylic oxidation sites excluding steroid dienone is 1. The van der Waals surface area contributed by atoms with Gasteiger partial charge in [-0.1, -0.05) is 81.8 Å². The predicted molar refractivity (Wildman–Crippen MR) is 97.1 cm³/mol. The molecule has 0 aliphatic heterocycles. The van der Waals surface area contributed by atoms with E-state index in [-0.39, 0.29) is 0 Å². The van der Waals surface area contributed by atoms with Crippen LogP contribution < -0.4 is 0 Å². The van der Waals surface area contributed by atoms with Crippen LogP contribution >= 0.6 is 0 Å². The summed E-state index contributed by atoms with van der Waals surface area (Å²) in [5.74, 6) is 1.27. The summed E-state index contributed by atoms with van der Waals surface area (Å²) < 4.78 is 0. The second-order valence-electron chi connectivity index (χ2n) is 7.20. The minimum absolute atomic E-state index is 0.544. The lowest BCUT2D eigenvalue weighted by Gasteiger charge is -2.17. The first-order valence-electron chi connectivity index (χ1n) is 8.47. The molecule has 0 saturated carbocycles. The highest BCUT2D eigenvalue weighted by Crippen LogP contribution is 2.40. The normalized spacial score (nSPS) is 13.6. The lowest BCUT2D eigenvalue weighted by Crippen LogP contribution is -1.97. The molecule has 0 heterocycles. The quantitative estimate of drug-likeness (QED) is 0.606. The monoisotopic (exact) mass is 290 g/mol. The van der Waals surface area contributed by atoms with Crippen molar-refractivity contribution >= 4 is 6.08 Å². The van der Waals surface area contributed by atoms with Gasteiger partial charge in [0.25, 0.3) is 0 Å². The summed E-state index contributed by atoms with van der Waals surface area (Å²) in [6.45, 7) is 9.20. The van der Waals surface area contributed by atoms with Crippen molar-refractivity contribution in [1.29, 1.82) is 0 Å². The van der Waals surface area contributed by atoms with Crippen LogP contribution in [0.3, 0.4) is 0 Å². The molecular formula is C22H26. The average Bonchev–Trinajstić information content (AvgIpc) is 2.88. The van der Waals surface area contributed by atoms with Crippen LogP contribution in [0.1, 0.15) is 56.7 Å². The van der Waals surface area contributed by atoms with E-state index in [1.165, 1.54) is 34.2 Å². The summed E-state index contributed by atoms with van der Waals surface area (Å²) in [5.41, 5.74) is 8.82. The zero-order chi connectivity index (χ0) is 15.7. The highest BCUT2D eigenvalue weighted by atomic mass is 14.2. The third kappa shape index (κ3) is 2.88. The molecule has 3 rings (SSSR count). The fraction of sp³-hybridized carbons (Fsp3) is 0.364. The molecule has 0 heteroatoms. The molecule has 2 aromatic rings. The summed E-state index contributed by atoms with van der Waals surface area (Å²) in [4.78, 5) is 0. The zero-order valence-electron chi connectivity index (χ0n) is 14.2. The molecule has 0 bridgehead atoms.